The maximum absolute atomic E-state index is 12.5. The Labute approximate surface area is 146 Å². The number of thiophene rings is 2. The lowest BCUT2D eigenvalue weighted by molar-refractivity contribution is 0.0946. The molecule has 3 nitrogen and oxygen atoms in total. The van der Waals surface area contributed by atoms with Crippen LogP contribution in [0.15, 0.2) is 22.9 Å². The first-order chi connectivity index (χ1) is 11.1. The number of nitrogens with one attached hydrogen (secondary N) is 1. The summed E-state index contributed by atoms with van der Waals surface area (Å²) in [6.45, 7) is 0.644. The average Bonchev–Trinajstić information content (AvgIpc) is 3.13. The van der Waals surface area contributed by atoms with Crippen molar-refractivity contribution in [3.8, 4) is 0 Å². The topological polar surface area (TPSA) is 32.3 Å². The van der Waals surface area contributed by atoms with Crippen LogP contribution in [0.2, 0.25) is 0 Å². The molecule has 0 unspecified atom stereocenters. The van der Waals surface area contributed by atoms with E-state index >= 15 is 0 Å². The number of hydrogen-bond donors (Lipinski definition) is 1. The first-order valence-electron chi connectivity index (χ1n) is 8.23. The molecule has 0 spiro atoms. The van der Waals surface area contributed by atoms with Crippen molar-refractivity contribution >= 4 is 28.6 Å². The molecule has 1 N–H and O–H groups in total. The van der Waals surface area contributed by atoms with Crippen LogP contribution in [-0.2, 0) is 12.8 Å². The molecule has 0 saturated heterocycles. The fourth-order valence-electron chi connectivity index (χ4n) is 3.12. The molecule has 124 valence electrons. The maximum Gasteiger partial charge on any atom is 0.261 e. The van der Waals surface area contributed by atoms with Crippen molar-refractivity contribution in [3.63, 3.8) is 0 Å². The van der Waals surface area contributed by atoms with Crippen molar-refractivity contribution in [2.45, 2.75) is 38.1 Å². The highest BCUT2D eigenvalue weighted by Gasteiger charge is 2.19. The molecule has 0 saturated carbocycles. The molecule has 1 aliphatic carbocycles. The lowest BCUT2D eigenvalue weighted by Crippen LogP contribution is -2.34. The Bertz CT molecular complexity index is 623. The van der Waals surface area contributed by atoms with Crippen LogP contribution in [-0.4, -0.2) is 31.4 Å². The Balaban J connectivity index is 1.65. The second kappa shape index (κ2) is 7.60. The quantitative estimate of drug-likeness (QED) is 0.825. The summed E-state index contributed by atoms with van der Waals surface area (Å²) in [5, 5.41) is 7.37. The summed E-state index contributed by atoms with van der Waals surface area (Å²) in [7, 11) is 4.11. The van der Waals surface area contributed by atoms with Gasteiger partial charge < -0.3 is 10.2 Å². The zero-order valence-corrected chi connectivity index (χ0v) is 15.4. The third-order valence-electron chi connectivity index (χ3n) is 4.48. The smallest absolute Gasteiger partial charge is 0.261 e. The van der Waals surface area contributed by atoms with E-state index in [1.807, 2.05) is 0 Å². The Morgan fingerprint density at radius 1 is 1.30 bits per heavy atom. The largest absolute Gasteiger partial charge is 0.349 e. The van der Waals surface area contributed by atoms with Crippen LogP contribution < -0.4 is 5.32 Å². The van der Waals surface area contributed by atoms with Gasteiger partial charge in [-0.05, 0) is 73.8 Å². The third-order valence-corrected chi connectivity index (χ3v) is 6.41. The molecule has 3 rings (SSSR count). The average molecular weight is 349 g/mol. The minimum Gasteiger partial charge on any atom is -0.349 e. The SMILES string of the molecule is CN(C)[C@H](CNC(=O)c1cc2c(s1)CCCCC2)c1ccsc1. The molecule has 0 fully saturated rings. The standard InChI is InChI=1S/C18H24N2OS2/c1-20(2)15(14-8-9-22-12-14)11-19-18(21)17-10-13-6-4-3-5-7-16(13)23-17/h8-10,12,15H,3-7,11H2,1-2H3,(H,19,21)/t15-/m1/s1. The number of aryl methyl sites for hydroxylation is 2. The van der Waals surface area contributed by atoms with Gasteiger partial charge in [0.15, 0.2) is 0 Å². The zero-order valence-electron chi connectivity index (χ0n) is 13.8. The van der Waals surface area contributed by atoms with Gasteiger partial charge in [0.1, 0.15) is 0 Å². The minimum atomic E-state index is 0.0742. The number of rotatable bonds is 5. The Morgan fingerprint density at radius 3 is 2.87 bits per heavy atom. The first kappa shape index (κ1) is 16.7. The van der Waals surface area contributed by atoms with Gasteiger partial charge in [0, 0.05) is 11.4 Å². The number of hydrogen-bond acceptors (Lipinski definition) is 4. The van der Waals surface area contributed by atoms with E-state index in [9.17, 15) is 4.79 Å². The van der Waals surface area contributed by atoms with Crippen molar-refractivity contribution < 1.29 is 4.79 Å². The predicted molar refractivity (Wildman–Crippen MR) is 98.7 cm³/mol. The molecule has 2 aromatic rings. The number of carbonyl (C=O) groups excluding carboxylic acids is 1. The molecule has 0 radical (unpaired) electrons. The van der Waals surface area contributed by atoms with E-state index in [1.54, 1.807) is 22.7 Å². The van der Waals surface area contributed by atoms with E-state index in [1.165, 1.54) is 35.3 Å². The van der Waals surface area contributed by atoms with Gasteiger partial charge >= 0.3 is 0 Å². The molecule has 0 aliphatic heterocycles. The van der Waals surface area contributed by atoms with Gasteiger partial charge in [0.2, 0.25) is 0 Å². The number of fused-ring (bicyclic) bond motifs is 1. The first-order valence-corrected chi connectivity index (χ1v) is 9.99. The number of carbonyl (C=O) groups is 1. The van der Waals surface area contributed by atoms with Crippen molar-refractivity contribution in [1.29, 1.82) is 0 Å². The number of likely N-dealkylation sites (N-methyl/N-ethyl adjacent to an activating group) is 1. The molecular weight excluding hydrogens is 324 g/mol. The fraction of sp³-hybridized carbons (Fsp3) is 0.500. The Kier molecular flexibility index (Phi) is 5.51. The molecule has 2 heterocycles. The van der Waals surface area contributed by atoms with Crippen LogP contribution in [0.4, 0.5) is 0 Å². The highest BCUT2D eigenvalue weighted by Crippen LogP contribution is 2.29. The van der Waals surface area contributed by atoms with E-state index in [0.29, 0.717) is 6.54 Å². The minimum absolute atomic E-state index is 0.0742. The van der Waals surface area contributed by atoms with E-state index < -0.39 is 0 Å². The lowest BCUT2D eigenvalue weighted by Gasteiger charge is -2.23. The predicted octanol–water partition coefficient (Wildman–Crippen LogP) is 4.11. The van der Waals surface area contributed by atoms with Gasteiger partial charge in [-0.3, -0.25) is 4.79 Å². The van der Waals surface area contributed by atoms with Crippen LogP contribution in [0.25, 0.3) is 0 Å². The molecular formula is C18H24N2OS2. The van der Waals surface area contributed by atoms with Crippen molar-refractivity contribution in [2.75, 3.05) is 20.6 Å². The van der Waals surface area contributed by atoms with Crippen LogP contribution in [0.1, 0.15) is 51.0 Å². The maximum atomic E-state index is 12.5. The Morgan fingerprint density at radius 2 is 2.13 bits per heavy atom. The fourth-order valence-corrected chi connectivity index (χ4v) is 5.00. The van der Waals surface area contributed by atoms with E-state index in [4.69, 9.17) is 0 Å². The van der Waals surface area contributed by atoms with Gasteiger partial charge in [-0.2, -0.15) is 11.3 Å². The molecule has 1 aliphatic rings. The van der Waals surface area contributed by atoms with Gasteiger partial charge in [-0.25, -0.2) is 0 Å². The molecule has 1 amide bonds. The highest BCUT2D eigenvalue weighted by molar-refractivity contribution is 7.14. The number of nitrogens with zero attached hydrogens (tertiary/aromatic N) is 1. The van der Waals surface area contributed by atoms with Crippen LogP contribution in [0.5, 0.6) is 0 Å². The normalized spacial score (nSPS) is 16.0. The van der Waals surface area contributed by atoms with Gasteiger partial charge in [-0.1, -0.05) is 6.42 Å². The van der Waals surface area contributed by atoms with Crippen LogP contribution >= 0.6 is 22.7 Å². The second-order valence-electron chi connectivity index (χ2n) is 6.37. The summed E-state index contributed by atoms with van der Waals surface area (Å²) in [6, 6.07) is 4.48. The van der Waals surface area contributed by atoms with Gasteiger partial charge in [0.25, 0.3) is 5.91 Å². The molecule has 2 aromatic heterocycles. The molecule has 0 bridgehead atoms. The monoisotopic (exact) mass is 348 g/mol. The number of amides is 1. The zero-order chi connectivity index (χ0) is 16.2. The van der Waals surface area contributed by atoms with Gasteiger partial charge in [-0.15, -0.1) is 11.3 Å². The highest BCUT2D eigenvalue weighted by atomic mass is 32.1. The van der Waals surface area contributed by atoms with Gasteiger partial charge in [0.05, 0.1) is 10.9 Å². The molecule has 0 aromatic carbocycles. The van der Waals surface area contributed by atoms with Crippen molar-refractivity contribution in [2.24, 2.45) is 0 Å². The third kappa shape index (κ3) is 4.03. The summed E-state index contributed by atoms with van der Waals surface area (Å²) < 4.78 is 0. The van der Waals surface area contributed by atoms with E-state index in [0.717, 1.165) is 17.7 Å². The second-order valence-corrected chi connectivity index (χ2v) is 8.28. The van der Waals surface area contributed by atoms with Crippen molar-refractivity contribution in [3.05, 3.63) is 43.8 Å². The summed E-state index contributed by atoms with van der Waals surface area (Å²) in [5.41, 5.74) is 2.67. The molecule has 1 atom stereocenters. The summed E-state index contributed by atoms with van der Waals surface area (Å²) in [5.74, 6) is 0.0742. The molecule has 23 heavy (non-hydrogen) atoms. The lowest BCUT2D eigenvalue weighted by atomic mass is 10.1. The van der Waals surface area contributed by atoms with Crippen LogP contribution in [0, 0.1) is 0 Å². The van der Waals surface area contributed by atoms with E-state index in [-0.39, 0.29) is 11.9 Å². The van der Waals surface area contributed by atoms with E-state index in [2.05, 4.69) is 47.2 Å². The van der Waals surface area contributed by atoms with Crippen LogP contribution in [0.3, 0.4) is 0 Å². The summed E-state index contributed by atoms with van der Waals surface area (Å²) >= 11 is 3.39. The summed E-state index contributed by atoms with van der Waals surface area (Å²) in [4.78, 5) is 17.0. The van der Waals surface area contributed by atoms with Crippen molar-refractivity contribution in [1.82, 2.24) is 10.2 Å². The summed E-state index contributed by atoms with van der Waals surface area (Å²) in [6.07, 6.45) is 6.10. The molecule has 5 heteroatoms. The Hall–Kier alpha value is -1.17.